The quantitative estimate of drug-likeness (QED) is 0.505. The highest BCUT2D eigenvalue weighted by atomic mass is 32.2. The van der Waals surface area contributed by atoms with Crippen LogP contribution in [0.3, 0.4) is 0 Å². The third kappa shape index (κ3) is 8.22. The highest BCUT2D eigenvalue weighted by Crippen LogP contribution is 2.29. The van der Waals surface area contributed by atoms with Crippen LogP contribution in [0.25, 0.3) is 0 Å². The number of nitrogens with one attached hydrogen (secondary N) is 2. The molecule has 1 fully saturated rings. The summed E-state index contributed by atoms with van der Waals surface area (Å²) in [6.07, 6.45) is 1.50. The number of carbonyl (C=O) groups excluding carboxylic acids is 3. The molecular formula is C23H43N3O3S. The van der Waals surface area contributed by atoms with Gasteiger partial charge in [-0.3, -0.25) is 19.3 Å². The van der Waals surface area contributed by atoms with Crippen LogP contribution in [-0.4, -0.2) is 56.3 Å². The first kappa shape index (κ1) is 27.0. The summed E-state index contributed by atoms with van der Waals surface area (Å²) in [5.41, 5.74) is -0.556. The second-order valence-electron chi connectivity index (χ2n) is 11.0. The summed E-state index contributed by atoms with van der Waals surface area (Å²) in [6.45, 7) is 20.5. The molecule has 2 N–H and O–H groups in total. The van der Waals surface area contributed by atoms with E-state index in [2.05, 4.69) is 45.3 Å². The standard InChI is InChI=1S/C23H43N3O3S/c1-11-30-17-13-18(27)26(20(17)29)16(3)12-15(2)19(28)24-22(7,8)14-23(9,10)25-21(4,5)6/h15-17,25H,11-14H2,1-10H3,(H,24,28). The summed E-state index contributed by atoms with van der Waals surface area (Å²) >= 11 is 1.52. The van der Waals surface area contributed by atoms with Crippen LogP contribution in [0.2, 0.25) is 0 Å². The highest BCUT2D eigenvalue weighted by Gasteiger charge is 2.42. The van der Waals surface area contributed by atoms with Crippen LogP contribution in [0.4, 0.5) is 0 Å². The first-order chi connectivity index (χ1) is 13.5. The van der Waals surface area contributed by atoms with Crippen molar-refractivity contribution < 1.29 is 14.4 Å². The van der Waals surface area contributed by atoms with Crippen molar-refractivity contribution in [1.29, 1.82) is 0 Å². The largest absolute Gasteiger partial charge is 0.351 e. The molecule has 3 amide bonds. The van der Waals surface area contributed by atoms with Gasteiger partial charge < -0.3 is 10.6 Å². The fraction of sp³-hybridized carbons (Fsp3) is 0.870. The minimum atomic E-state index is -0.390. The number of thioether (sulfide) groups is 1. The maximum Gasteiger partial charge on any atom is 0.243 e. The number of hydrogen-bond acceptors (Lipinski definition) is 5. The molecule has 0 aliphatic carbocycles. The smallest absolute Gasteiger partial charge is 0.243 e. The molecular weight excluding hydrogens is 398 g/mol. The van der Waals surface area contributed by atoms with Crippen LogP contribution < -0.4 is 10.6 Å². The molecule has 6 nitrogen and oxygen atoms in total. The lowest BCUT2D eigenvalue weighted by atomic mass is 9.84. The van der Waals surface area contributed by atoms with E-state index in [1.807, 2.05) is 34.6 Å². The molecule has 0 bridgehead atoms. The lowest BCUT2D eigenvalue weighted by Gasteiger charge is -2.41. The zero-order valence-corrected chi connectivity index (χ0v) is 21.5. The summed E-state index contributed by atoms with van der Waals surface area (Å²) in [4.78, 5) is 39.2. The van der Waals surface area contributed by atoms with Gasteiger partial charge >= 0.3 is 0 Å². The molecule has 174 valence electrons. The Morgan fingerprint density at radius 2 is 1.67 bits per heavy atom. The van der Waals surface area contributed by atoms with E-state index >= 15 is 0 Å². The van der Waals surface area contributed by atoms with E-state index in [4.69, 9.17) is 0 Å². The Hall–Kier alpha value is -1.08. The number of amides is 3. The number of carbonyl (C=O) groups is 3. The van der Waals surface area contributed by atoms with Crippen LogP contribution in [0.15, 0.2) is 0 Å². The number of likely N-dealkylation sites (tertiary alicyclic amines) is 1. The van der Waals surface area contributed by atoms with Gasteiger partial charge in [0.15, 0.2) is 0 Å². The van der Waals surface area contributed by atoms with Crippen LogP contribution in [0.5, 0.6) is 0 Å². The monoisotopic (exact) mass is 441 g/mol. The summed E-state index contributed by atoms with van der Waals surface area (Å²) < 4.78 is 0. The summed E-state index contributed by atoms with van der Waals surface area (Å²) in [7, 11) is 0. The molecule has 0 saturated carbocycles. The van der Waals surface area contributed by atoms with E-state index in [9.17, 15) is 14.4 Å². The Balaban J connectivity index is 2.69. The topological polar surface area (TPSA) is 78.5 Å². The third-order valence-electron chi connectivity index (χ3n) is 5.15. The lowest BCUT2D eigenvalue weighted by Crippen LogP contribution is -2.57. The van der Waals surface area contributed by atoms with E-state index in [-0.39, 0.29) is 52.4 Å². The molecule has 0 spiro atoms. The van der Waals surface area contributed by atoms with Crippen molar-refractivity contribution in [2.24, 2.45) is 5.92 Å². The van der Waals surface area contributed by atoms with Gasteiger partial charge in [-0.2, -0.15) is 0 Å². The predicted molar refractivity (Wildman–Crippen MR) is 125 cm³/mol. The Morgan fingerprint density at radius 1 is 1.10 bits per heavy atom. The van der Waals surface area contributed by atoms with Gasteiger partial charge in [0, 0.05) is 35.0 Å². The maximum absolute atomic E-state index is 12.9. The summed E-state index contributed by atoms with van der Waals surface area (Å²) in [5.74, 6) is 0.234. The van der Waals surface area contributed by atoms with Crippen molar-refractivity contribution in [3.05, 3.63) is 0 Å². The van der Waals surface area contributed by atoms with Crippen molar-refractivity contribution >= 4 is 29.5 Å². The molecule has 1 saturated heterocycles. The van der Waals surface area contributed by atoms with Gasteiger partial charge in [0.05, 0.1) is 5.25 Å². The Labute approximate surface area is 187 Å². The van der Waals surface area contributed by atoms with Crippen molar-refractivity contribution in [1.82, 2.24) is 15.5 Å². The number of rotatable bonds is 10. The fourth-order valence-corrected chi connectivity index (χ4v) is 5.72. The molecule has 0 aromatic rings. The predicted octanol–water partition coefficient (Wildman–Crippen LogP) is 3.73. The van der Waals surface area contributed by atoms with Crippen molar-refractivity contribution in [3.63, 3.8) is 0 Å². The van der Waals surface area contributed by atoms with E-state index in [1.54, 1.807) is 0 Å². The summed E-state index contributed by atoms with van der Waals surface area (Å²) in [5, 5.41) is 6.51. The molecule has 3 atom stereocenters. The first-order valence-corrected chi connectivity index (χ1v) is 12.1. The van der Waals surface area contributed by atoms with Gasteiger partial charge in [0.2, 0.25) is 17.7 Å². The molecule has 0 radical (unpaired) electrons. The molecule has 3 unspecified atom stereocenters. The third-order valence-corrected chi connectivity index (χ3v) is 6.26. The average molecular weight is 442 g/mol. The van der Waals surface area contributed by atoms with Crippen LogP contribution in [0.1, 0.15) is 88.5 Å². The van der Waals surface area contributed by atoms with Gasteiger partial charge in [0.25, 0.3) is 0 Å². The second kappa shape index (κ2) is 10.0. The average Bonchev–Trinajstić information content (AvgIpc) is 2.77. The van der Waals surface area contributed by atoms with Gasteiger partial charge in [-0.15, -0.1) is 11.8 Å². The van der Waals surface area contributed by atoms with E-state index in [1.165, 1.54) is 16.7 Å². The lowest BCUT2D eigenvalue weighted by molar-refractivity contribution is -0.142. The number of hydrogen-bond donors (Lipinski definition) is 2. The van der Waals surface area contributed by atoms with Gasteiger partial charge in [-0.25, -0.2) is 0 Å². The number of nitrogens with zero attached hydrogens (tertiary/aromatic N) is 1. The molecule has 1 heterocycles. The SMILES string of the molecule is CCSC1CC(=O)N(C(C)CC(C)C(=O)NC(C)(C)CC(C)(C)NC(C)(C)C)C1=O. The molecule has 1 aliphatic rings. The molecule has 0 aromatic carbocycles. The van der Waals surface area contributed by atoms with E-state index < -0.39 is 5.54 Å². The molecule has 30 heavy (non-hydrogen) atoms. The van der Waals surface area contributed by atoms with E-state index in [0.29, 0.717) is 6.42 Å². The summed E-state index contributed by atoms with van der Waals surface area (Å²) in [6, 6.07) is -0.282. The molecule has 1 rings (SSSR count). The highest BCUT2D eigenvalue weighted by molar-refractivity contribution is 8.00. The van der Waals surface area contributed by atoms with Gasteiger partial charge in [-0.05, 0) is 74.0 Å². The Kier molecular flexibility index (Phi) is 9.01. The van der Waals surface area contributed by atoms with Crippen molar-refractivity contribution in [2.45, 2.75) is 116 Å². The van der Waals surface area contributed by atoms with Crippen molar-refractivity contribution in [3.8, 4) is 0 Å². The zero-order valence-electron chi connectivity index (χ0n) is 20.6. The maximum atomic E-state index is 12.9. The minimum Gasteiger partial charge on any atom is -0.351 e. The second-order valence-corrected chi connectivity index (χ2v) is 12.5. The number of imide groups is 1. The van der Waals surface area contributed by atoms with Crippen LogP contribution in [-0.2, 0) is 14.4 Å². The Bertz CT molecular complexity index is 640. The molecule has 0 aromatic heterocycles. The van der Waals surface area contributed by atoms with Gasteiger partial charge in [-0.1, -0.05) is 13.8 Å². The van der Waals surface area contributed by atoms with Crippen LogP contribution >= 0.6 is 11.8 Å². The molecule has 1 aliphatic heterocycles. The molecule has 7 heteroatoms. The van der Waals surface area contributed by atoms with E-state index in [0.717, 1.165) is 12.2 Å². The fourth-order valence-electron chi connectivity index (χ4n) is 4.81. The van der Waals surface area contributed by atoms with Crippen molar-refractivity contribution in [2.75, 3.05) is 5.75 Å². The Morgan fingerprint density at radius 3 is 2.17 bits per heavy atom. The normalized spacial score (nSPS) is 20.5. The van der Waals surface area contributed by atoms with Crippen LogP contribution in [0, 0.1) is 5.92 Å². The zero-order chi connectivity index (χ0) is 23.5. The van der Waals surface area contributed by atoms with Gasteiger partial charge in [0.1, 0.15) is 0 Å². The minimum absolute atomic E-state index is 0.0188. The first-order valence-electron chi connectivity index (χ1n) is 11.1.